The van der Waals surface area contributed by atoms with Gasteiger partial charge in [-0.2, -0.15) is 0 Å². The van der Waals surface area contributed by atoms with Crippen molar-refractivity contribution >= 4 is 64.4 Å². The van der Waals surface area contributed by atoms with E-state index in [1.165, 1.54) is 0 Å². The molecule has 1 aromatic heterocycles. The minimum Gasteiger partial charge on any atom is -0.493 e. The number of carboxylic acid groups (broad SMARTS) is 2. The number of aliphatic hydroxyl groups is 2. The van der Waals surface area contributed by atoms with Crippen molar-refractivity contribution in [1.29, 1.82) is 10.8 Å². The third kappa shape index (κ3) is 9.91. The molecular weight excluding hydrogens is 733 g/mol. The van der Waals surface area contributed by atoms with Crippen LogP contribution in [0.3, 0.4) is 0 Å². The molecule has 13 nitrogen and oxygen atoms in total. The number of anilines is 1. The first-order chi connectivity index (χ1) is 25.6. The summed E-state index contributed by atoms with van der Waals surface area (Å²) in [6.07, 6.45) is 7.61. The topological polar surface area (TPSA) is 242 Å². The van der Waals surface area contributed by atoms with E-state index in [9.17, 15) is 30.0 Å². The lowest BCUT2D eigenvalue weighted by Gasteiger charge is -2.14. The summed E-state index contributed by atoms with van der Waals surface area (Å²) in [6.45, 7) is 15.0. The maximum absolute atomic E-state index is 11.5. The number of carbonyl (C=O) groups is 2. The third-order valence-corrected chi connectivity index (χ3v) is 9.65. The smallest absolute Gasteiger partial charge is 0.303 e. The van der Waals surface area contributed by atoms with E-state index in [-0.39, 0.29) is 31.1 Å². The first-order valence-corrected chi connectivity index (χ1v) is 17.3. The van der Waals surface area contributed by atoms with Gasteiger partial charge in [0.1, 0.15) is 0 Å². The first-order valence-electron chi connectivity index (χ1n) is 16.5. The van der Waals surface area contributed by atoms with Crippen LogP contribution in [0.25, 0.3) is 6.08 Å². The molecule has 15 heteroatoms. The number of nitrogens with zero attached hydrogens (tertiary/aromatic N) is 5. The summed E-state index contributed by atoms with van der Waals surface area (Å²) in [5.74, 6) is -2.03. The van der Waals surface area contributed by atoms with Gasteiger partial charge in [-0.3, -0.25) is 14.6 Å². The van der Waals surface area contributed by atoms with E-state index in [2.05, 4.69) is 28.1 Å². The van der Waals surface area contributed by atoms with Crippen LogP contribution in [-0.2, 0) is 22.4 Å². The van der Waals surface area contributed by atoms with Crippen molar-refractivity contribution < 1.29 is 30.0 Å². The number of aromatic amines is 1. The average Bonchev–Trinajstić information content (AvgIpc) is 3.77. The van der Waals surface area contributed by atoms with Crippen molar-refractivity contribution in [1.82, 2.24) is 4.98 Å². The number of nitrogens with two attached hydrogens (primary N) is 1. The number of nitrogen functional groups attached to an aromatic ring is 1. The fourth-order valence-electron chi connectivity index (χ4n) is 6.12. The standard InChI is InChI=1S/C33H36N4O6.C6H5Cl2N.N2/c1-7-20-19(6)32(42)37-27(20)14-25-18(5)23(10-12-31(40)41)29(35-25)15-28-22(9-11-30(38)39)17(4)24(34-28)13-26-16(3)21(8-2)33(43)36-26;7-4-1-2-6(9)5(8)3-4;1-2/h7-8,13-14,28,35H,1-2,9-12,15H2,3-6H3,(H,36,43)(H,37,42)(H,38,39)(H,40,41);1-3H,9H2;. The average molecular weight is 775 g/mol. The number of hydrogen-bond acceptors (Lipinski definition) is 8. The number of H-pyrrole nitrogens is 1. The lowest BCUT2D eigenvalue weighted by atomic mass is 9.93. The zero-order chi connectivity index (χ0) is 40.4. The van der Waals surface area contributed by atoms with Gasteiger partial charge in [0.25, 0.3) is 0 Å². The molecule has 7 N–H and O–H groups in total. The maximum atomic E-state index is 11.5. The van der Waals surface area contributed by atoms with E-state index in [0.29, 0.717) is 62.4 Å². The summed E-state index contributed by atoms with van der Waals surface area (Å²) < 4.78 is 0. The molecule has 3 aliphatic rings. The van der Waals surface area contributed by atoms with Gasteiger partial charge < -0.3 is 31.1 Å². The Balaban J connectivity index is 0.000000616. The summed E-state index contributed by atoms with van der Waals surface area (Å²) in [5, 5.41) is 52.4. The van der Waals surface area contributed by atoms with Gasteiger partial charge in [0.2, 0.25) is 11.8 Å². The van der Waals surface area contributed by atoms with E-state index in [0.717, 1.165) is 39.2 Å². The second-order valence-electron chi connectivity index (χ2n) is 12.4. The van der Waals surface area contributed by atoms with Crippen molar-refractivity contribution in [3.8, 4) is 0 Å². The van der Waals surface area contributed by atoms with Crippen LogP contribution in [0.2, 0.25) is 10.0 Å². The molecule has 0 fully saturated rings. The number of hydrogen-bond donors (Lipinski definition) is 6. The molecule has 4 heterocycles. The van der Waals surface area contributed by atoms with Crippen molar-refractivity contribution in [3.05, 3.63) is 127 Å². The Hall–Kier alpha value is -5.97. The van der Waals surface area contributed by atoms with E-state index in [1.807, 2.05) is 26.8 Å². The highest BCUT2D eigenvalue weighted by molar-refractivity contribution is 6.36. The van der Waals surface area contributed by atoms with Crippen molar-refractivity contribution in [2.24, 2.45) is 15.0 Å². The zero-order valence-corrected chi connectivity index (χ0v) is 31.8. The highest BCUT2D eigenvalue weighted by Crippen LogP contribution is 2.35. The Kier molecular flexibility index (Phi) is 14.7. The quantitative estimate of drug-likeness (QED) is 0.0891. The molecule has 0 saturated heterocycles. The molecule has 54 heavy (non-hydrogen) atoms. The summed E-state index contributed by atoms with van der Waals surface area (Å²) >= 11 is 11.2. The van der Waals surface area contributed by atoms with Gasteiger partial charge >= 0.3 is 11.9 Å². The minimum absolute atomic E-state index is 0.0640. The van der Waals surface area contributed by atoms with E-state index >= 15 is 0 Å². The zero-order valence-electron chi connectivity index (χ0n) is 30.2. The third-order valence-electron chi connectivity index (χ3n) is 9.09. The number of aliphatic carboxylic acids is 2. The summed E-state index contributed by atoms with van der Waals surface area (Å²) in [4.78, 5) is 39.9. The number of aliphatic hydroxyl groups excluding tert-OH is 2. The lowest BCUT2D eigenvalue weighted by Crippen LogP contribution is -2.13. The number of nitrogens with one attached hydrogen (secondary N) is 1. The fraction of sp³-hybridized carbons (Fsp3) is 0.256. The molecule has 2 aromatic rings. The number of allylic oxidation sites excluding steroid dienone is 4. The lowest BCUT2D eigenvalue weighted by molar-refractivity contribution is -0.138. The van der Waals surface area contributed by atoms with E-state index < -0.39 is 18.0 Å². The molecule has 0 saturated carbocycles. The predicted molar refractivity (Wildman–Crippen MR) is 212 cm³/mol. The molecular formula is C39H41Cl2N7O6. The highest BCUT2D eigenvalue weighted by Gasteiger charge is 2.29. The van der Waals surface area contributed by atoms with Crippen LogP contribution in [-0.4, -0.2) is 60.9 Å². The van der Waals surface area contributed by atoms with Crippen LogP contribution in [0.5, 0.6) is 0 Å². The molecule has 0 bridgehead atoms. The number of benzene rings is 1. The van der Waals surface area contributed by atoms with Crippen LogP contribution < -0.4 is 5.73 Å². The minimum atomic E-state index is -0.919. The molecule has 5 rings (SSSR count). The van der Waals surface area contributed by atoms with Crippen molar-refractivity contribution in [3.63, 3.8) is 0 Å². The molecule has 282 valence electrons. The number of carboxylic acids is 2. The summed E-state index contributed by atoms with van der Waals surface area (Å²) in [6, 6.07) is 4.58. The van der Waals surface area contributed by atoms with Gasteiger partial charge in [-0.25, -0.2) is 9.98 Å². The first kappa shape index (κ1) is 42.4. The predicted octanol–water partition coefficient (Wildman–Crippen LogP) is 8.66. The second-order valence-corrected chi connectivity index (χ2v) is 13.2. The number of halogens is 2. The molecule has 1 aromatic carbocycles. The Morgan fingerprint density at radius 3 is 2.06 bits per heavy atom. The van der Waals surface area contributed by atoms with Gasteiger partial charge in [-0.1, -0.05) is 48.5 Å². The fourth-order valence-corrected chi connectivity index (χ4v) is 6.53. The highest BCUT2D eigenvalue weighted by atomic mass is 35.5. The van der Waals surface area contributed by atoms with E-state index in [4.69, 9.17) is 44.7 Å². The molecule has 0 aliphatic carbocycles. The maximum Gasteiger partial charge on any atom is 0.303 e. The van der Waals surface area contributed by atoms with Gasteiger partial charge in [-0.05, 0) is 98.7 Å². The molecule has 1 atom stereocenters. The van der Waals surface area contributed by atoms with Crippen molar-refractivity contribution in [2.75, 3.05) is 5.73 Å². The molecule has 0 spiro atoms. The number of aromatic nitrogens is 1. The van der Waals surface area contributed by atoms with Crippen LogP contribution in [0.4, 0.5) is 5.69 Å². The molecule has 0 radical (unpaired) electrons. The van der Waals surface area contributed by atoms with Crippen LogP contribution in [0.15, 0.2) is 109 Å². The summed E-state index contributed by atoms with van der Waals surface area (Å²) in [5.41, 5.74) is 15.3. The Bertz CT molecular complexity index is 2160. The SMILES string of the molecule is C=CC1=C(C)C(O)=NC1=Cc1[nH]c(CC2N=C(C=C3N=C(O)C(C=C)=C3C)C(C)=C2CCC(=O)O)c(CCC(=O)O)c1C.N#N.Nc1ccc(Cl)cc1Cl. The molecule has 3 aliphatic heterocycles. The van der Waals surface area contributed by atoms with Gasteiger partial charge in [0.15, 0.2) is 0 Å². The Morgan fingerprint density at radius 2 is 1.50 bits per heavy atom. The number of rotatable bonds is 12. The van der Waals surface area contributed by atoms with Gasteiger partial charge in [-0.15, -0.1) is 0 Å². The second kappa shape index (κ2) is 18.7. The van der Waals surface area contributed by atoms with Gasteiger partial charge in [0, 0.05) is 63.2 Å². The van der Waals surface area contributed by atoms with Crippen LogP contribution in [0.1, 0.15) is 62.5 Å². The van der Waals surface area contributed by atoms with Crippen LogP contribution >= 0.6 is 23.2 Å². The number of aliphatic imine (C=N–C) groups is 3. The van der Waals surface area contributed by atoms with Gasteiger partial charge in [0.05, 0.1) is 33.9 Å². The molecule has 0 amide bonds. The van der Waals surface area contributed by atoms with E-state index in [1.54, 1.807) is 43.4 Å². The largest absolute Gasteiger partial charge is 0.493 e. The van der Waals surface area contributed by atoms with Crippen molar-refractivity contribution in [2.45, 2.75) is 65.8 Å². The monoisotopic (exact) mass is 773 g/mol. The Morgan fingerprint density at radius 1 is 0.889 bits per heavy atom. The molecule has 1 unspecified atom stereocenters. The van der Waals surface area contributed by atoms with Crippen LogP contribution in [0, 0.1) is 17.7 Å². The summed E-state index contributed by atoms with van der Waals surface area (Å²) in [7, 11) is 0. The normalized spacial score (nSPS) is 17.9. The Labute approximate surface area is 322 Å².